The van der Waals surface area contributed by atoms with Crippen molar-refractivity contribution in [3.63, 3.8) is 0 Å². The summed E-state index contributed by atoms with van der Waals surface area (Å²) in [6.07, 6.45) is -2.09. The zero-order valence-corrected chi connectivity index (χ0v) is 22.4. The number of phenols is 1. The Bertz CT molecular complexity index is 1160. The van der Waals surface area contributed by atoms with Gasteiger partial charge in [0.1, 0.15) is 11.4 Å². The Morgan fingerprint density at radius 3 is 2.14 bits per heavy atom. The summed E-state index contributed by atoms with van der Waals surface area (Å²) in [4.78, 5) is 22.9. The van der Waals surface area contributed by atoms with E-state index in [1.54, 1.807) is 20.8 Å². The van der Waals surface area contributed by atoms with Gasteiger partial charge in [0, 0.05) is 25.2 Å². The van der Waals surface area contributed by atoms with E-state index in [1.165, 1.54) is 48.5 Å². The molecule has 11 nitrogen and oxygen atoms in total. The Balaban J connectivity index is 2.34. The second-order valence-electron chi connectivity index (χ2n) is 10.2. The van der Waals surface area contributed by atoms with E-state index in [2.05, 4.69) is 5.32 Å². The van der Waals surface area contributed by atoms with Crippen molar-refractivity contribution in [2.45, 2.75) is 63.7 Å². The number of sulfonamides is 1. The number of ether oxygens (including phenoxy) is 1. The second-order valence-corrected chi connectivity index (χ2v) is 12.1. The van der Waals surface area contributed by atoms with Gasteiger partial charge in [0.2, 0.25) is 10.0 Å². The number of alkyl carbamates (subject to hydrolysis) is 1. The summed E-state index contributed by atoms with van der Waals surface area (Å²) in [5.41, 5.74) is -0.328. The number of non-ortho nitro benzene ring substituents is 1. The molecular formula is C25H35N3O8S. The van der Waals surface area contributed by atoms with E-state index in [0.717, 1.165) is 4.31 Å². The smallest absolute Gasteiger partial charge is 0.407 e. The first-order valence-corrected chi connectivity index (χ1v) is 13.2. The summed E-state index contributed by atoms with van der Waals surface area (Å²) in [6.45, 7) is 8.47. The highest BCUT2D eigenvalue weighted by Crippen LogP contribution is 2.22. The molecule has 0 unspecified atom stereocenters. The van der Waals surface area contributed by atoms with Gasteiger partial charge in [-0.05, 0) is 62.9 Å². The third-order valence-electron chi connectivity index (χ3n) is 5.20. The number of amides is 1. The van der Waals surface area contributed by atoms with Crippen molar-refractivity contribution in [2.75, 3.05) is 13.1 Å². The number of rotatable bonds is 11. The molecule has 0 radical (unpaired) electrons. The molecule has 0 saturated carbocycles. The van der Waals surface area contributed by atoms with Gasteiger partial charge in [-0.15, -0.1) is 0 Å². The third-order valence-corrected chi connectivity index (χ3v) is 7.05. The average Bonchev–Trinajstić information content (AvgIpc) is 2.77. The largest absolute Gasteiger partial charge is 0.508 e. The summed E-state index contributed by atoms with van der Waals surface area (Å²) >= 11 is 0. The first-order valence-electron chi connectivity index (χ1n) is 11.8. The molecule has 3 N–H and O–H groups in total. The molecule has 0 aliphatic carbocycles. The molecule has 2 rings (SSSR count). The number of phenolic OH excluding ortho intramolecular Hbond substituents is 1. The standard InChI is InChI=1S/C25H35N3O8S/c1-17(2)15-27(37(34,35)21-12-10-20(29)11-13-21)16-23(30)22(26-24(31)36-25(3,4)5)14-18-6-8-19(9-7-18)28(32)33/h6-13,17,22-23,29-30H,14-16H2,1-5H3,(H,26,31)/t22-,23+/m0/s1. The van der Waals surface area contributed by atoms with E-state index in [1.807, 2.05) is 13.8 Å². The number of aliphatic hydroxyl groups excluding tert-OH is 1. The van der Waals surface area contributed by atoms with Crippen molar-refractivity contribution in [3.8, 4) is 5.75 Å². The number of nitrogens with zero attached hydrogens (tertiary/aromatic N) is 2. The van der Waals surface area contributed by atoms with Crippen molar-refractivity contribution < 1.29 is 33.1 Å². The molecule has 0 heterocycles. The van der Waals surface area contributed by atoms with E-state index >= 15 is 0 Å². The van der Waals surface area contributed by atoms with E-state index in [0.29, 0.717) is 5.56 Å². The minimum atomic E-state index is -4.04. The molecule has 2 aromatic rings. The van der Waals surface area contributed by atoms with Gasteiger partial charge in [-0.2, -0.15) is 4.31 Å². The monoisotopic (exact) mass is 537 g/mol. The fourth-order valence-electron chi connectivity index (χ4n) is 3.53. The number of aliphatic hydroxyl groups is 1. The lowest BCUT2D eigenvalue weighted by Gasteiger charge is -2.31. The highest BCUT2D eigenvalue weighted by Gasteiger charge is 2.32. The van der Waals surface area contributed by atoms with Crippen LogP contribution < -0.4 is 5.32 Å². The molecule has 1 amide bonds. The molecule has 2 atom stereocenters. The summed E-state index contributed by atoms with van der Waals surface area (Å²) in [6, 6.07) is 9.74. The maximum Gasteiger partial charge on any atom is 0.407 e. The van der Waals surface area contributed by atoms with Gasteiger partial charge in [0.25, 0.3) is 5.69 Å². The number of nitro groups is 1. The van der Waals surface area contributed by atoms with Crippen molar-refractivity contribution >= 4 is 21.8 Å². The fraction of sp³-hybridized carbons (Fsp3) is 0.480. The quantitative estimate of drug-likeness (QED) is 0.290. The molecular weight excluding hydrogens is 502 g/mol. The van der Waals surface area contributed by atoms with Crippen molar-refractivity contribution in [2.24, 2.45) is 5.92 Å². The van der Waals surface area contributed by atoms with E-state index in [-0.39, 0.29) is 41.8 Å². The van der Waals surface area contributed by atoms with Gasteiger partial charge in [-0.1, -0.05) is 26.0 Å². The molecule has 0 aliphatic rings. The third kappa shape index (κ3) is 9.30. The molecule has 0 spiro atoms. The van der Waals surface area contributed by atoms with Gasteiger partial charge >= 0.3 is 6.09 Å². The van der Waals surface area contributed by atoms with Crippen LogP contribution >= 0.6 is 0 Å². The summed E-state index contributed by atoms with van der Waals surface area (Å²) in [5, 5.41) is 34.3. The van der Waals surface area contributed by atoms with Crippen LogP contribution in [0.3, 0.4) is 0 Å². The van der Waals surface area contributed by atoms with Crippen LogP contribution in [0.2, 0.25) is 0 Å². The Kier molecular flexibility index (Phi) is 10.0. The van der Waals surface area contributed by atoms with Gasteiger partial charge in [-0.3, -0.25) is 10.1 Å². The number of benzene rings is 2. The van der Waals surface area contributed by atoms with Crippen LogP contribution in [0.25, 0.3) is 0 Å². The number of nitrogens with one attached hydrogen (secondary N) is 1. The molecule has 12 heteroatoms. The van der Waals surface area contributed by atoms with Crippen molar-refractivity contribution in [1.82, 2.24) is 9.62 Å². The van der Waals surface area contributed by atoms with E-state index in [9.17, 15) is 33.5 Å². The lowest BCUT2D eigenvalue weighted by molar-refractivity contribution is -0.384. The first kappa shape index (κ1) is 30.0. The maximum atomic E-state index is 13.4. The first-order chi connectivity index (χ1) is 17.1. The van der Waals surface area contributed by atoms with E-state index in [4.69, 9.17) is 4.74 Å². The molecule has 0 aromatic heterocycles. The Morgan fingerprint density at radius 1 is 1.08 bits per heavy atom. The molecule has 0 bridgehead atoms. The highest BCUT2D eigenvalue weighted by molar-refractivity contribution is 7.89. The zero-order valence-electron chi connectivity index (χ0n) is 21.6. The van der Waals surface area contributed by atoms with Gasteiger partial charge in [-0.25, -0.2) is 13.2 Å². The van der Waals surface area contributed by atoms with Crippen LogP contribution in [0.1, 0.15) is 40.2 Å². The number of carbonyl (C=O) groups excluding carboxylic acids is 1. The van der Waals surface area contributed by atoms with Crippen molar-refractivity contribution in [3.05, 3.63) is 64.2 Å². The van der Waals surface area contributed by atoms with Gasteiger partial charge in [0.15, 0.2) is 0 Å². The van der Waals surface area contributed by atoms with Crippen LogP contribution in [0.5, 0.6) is 5.75 Å². The lowest BCUT2D eigenvalue weighted by atomic mass is 10.0. The van der Waals surface area contributed by atoms with Crippen LogP contribution in [0.15, 0.2) is 53.4 Å². The topological polar surface area (TPSA) is 159 Å². The van der Waals surface area contributed by atoms with Crippen LogP contribution in [-0.4, -0.2) is 64.8 Å². The predicted molar refractivity (Wildman–Crippen MR) is 138 cm³/mol. The molecule has 0 fully saturated rings. The number of hydrogen-bond acceptors (Lipinski definition) is 8. The van der Waals surface area contributed by atoms with Crippen LogP contribution in [0, 0.1) is 16.0 Å². The Morgan fingerprint density at radius 2 is 1.65 bits per heavy atom. The zero-order chi connectivity index (χ0) is 28.0. The molecule has 0 saturated heterocycles. The highest BCUT2D eigenvalue weighted by atomic mass is 32.2. The molecule has 37 heavy (non-hydrogen) atoms. The Hall–Kier alpha value is -3.22. The number of aromatic hydroxyl groups is 1. The maximum absolute atomic E-state index is 13.4. The van der Waals surface area contributed by atoms with Gasteiger partial charge in [0.05, 0.1) is 22.0 Å². The minimum Gasteiger partial charge on any atom is -0.508 e. The summed E-state index contributed by atoms with van der Waals surface area (Å²) < 4.78 is 33.2. The van der Waals surface area contributed by atoms with Crippen LogP contribution in [0.4, 0.5) is 10.5 Å². The molecule has 0 aliphatic heterocycles. The van der Waals surface area contributed by atoms with Gasteiger partial charge < -0.3 is 20.3 Å². The predicted octanol–water partition coefficient (Wildman–Crippen LogP) is 3.44. The molecule has 2 aromatic carbocycles. The summed E-state index contributed by atoms with van der Waals surface area (Å²) in [5.74, 6) is -0.162. The SMILES string of the molecule is CC(C)CN(C[C@@H](O)[C@H](Cc1ccc([N+](=O)[O-])cc1)NC(=O)OC(C)(C)C)S(=O)(=O)c1ccc(O)cc1. The normalized spacial score (nSPS) is 13.8. The molecule has 204 valence electrons. The average molecular weight is 538 g/mol. The fourth-order valence-corrected chi connectivity index (χ4v) is 5.15. The van der Waals surface area contributed by atoms with Crippen LogP contribution in [-0.2, 0) is 21.2 Å². The van der Waals surface area contributed by atoms with Crippen molar-refractivity contribution in [1.29, 1.82) is 0 Å². The number of hydrogen-bond donors (Lipinski definition) is 3. The summed E-state index contributed by atoms with van der Waals surface area (Å²) in [7, 11) is -4.04. The number of nitro benzene ring substituents is 1. The number of carbonyl (C=O) groups is 1. The minimum absolute atomic E-state index is 0.0508. The Labute approximate surface area is 217 Å². The lowest BCUT2D eigenvalue weighted by Crippen LogP contribution is -2.51. The van der Waals surface area contributed by atoms with E-state index < -0.39 is 38.8 Å². The second kappa shape index (κ2) is 12.3.